The lowest BCUT2D eigenvalue weighted by atomic mass is 9.96. The van der Waals surface area contributed by atoms with Crippen LogP contribution in [0.25, 0.3) is 0 Å². The minimum Gasteiger partial charge on any atom is -0.396 e. The van der Waals surface area contributed by atoms with E-state index in [1.54, 1.807) is 0 Å². The predicted molar refractivity (Wildman–Crippen MR) is 72.8 cm³/mol. The second-order valence-corrected chi connectivity index (χ2v) is 7.60. The Balaban J connectivity index is 2.36. The van der Waals surface area contributed by atoms with Gasteiger partial charge in [-0.3, -0.25) is 0 Å². The summed E-state index contributed by atoms with van der Waals surface area (Å²) in [7, 11) is -3.16. The molecule has 102 valence electrons. The van der Waals surface area contributed by atoms with E-state index in [0.29, 0.717) is 18.1 Å². The Labute approximate surface area is 109 Å². The van der Waals surface area contributed by atoms with Gasteiger partial charge in [-0.2, -0.15) is 11.8 Å². The van der Waals surface area contributed by atoms with Crippen molar-refractivity contribution in [3.05, 3.63) is 0 Å². The molecule has 0 aromatic rings. The van der Waals surface area contributed by atoms with Gasteiger partial charge < -0.3 is 5.11 Å². The summed E-state index contributed by atoms with van der Waals surface area (Å²) in [5.74, 6) is 0.133. The van der Waals surface area contributed by atoms with E-state index in [2.05, 4.69) is 11.0 Å². The van der Waals surface area contributed by atoms with Gasteiger partial charge in [-0.15, -0.1) is 0 Å². The maximum Gasteiger partial charge on any atom is 0.211 e. The lowest BCUT2D eigenvalue weighted by Crippen LogP contribution is -2.40. The molecule has 2 N–H and O–H groups in total. The number of nitrogens with one attached hydrogen (secondary N) is 1. The van der Waals surface area contributed by atoms with Crippen molar-refractivity contribution in [2.45, 2.75) is 49.8 Å². The van der Waals surface area contributed by atoms with Gasteiger partial charge in [0.25, 0.3) is 0 Å². The number of hydrogen-bond donors (Lipinski definition) is 2. The lowest BCUT2D eigenvalue weighted by Gasteiger charge is -2.28. The Hall–Kier alpha value is 0.220. The third-order valence-corrected chi connectivity index (χ3v) is 5.74. The lowest BCUT2D eigenvalue weighted by molar-refractivity contribution is 0.287. The van der Waals surface area contributed by atoms with Crippen LogP contribution in [-0.4, -0.2) is 43.4 Å². The Morgan fingerprint density at radius 1 is 1.35 bits per heavy atom. The van der Waals surface area contributed by atoms with E-state index < -0.39 is 10.0 Å². The summed E-state index contributed by atoms with van der Waals surface area (Å²) < 4.78 is 26.3. The van der Waals surface area contributed by atoms with Gasteiger partial charge in [0.05, 0.1) is 5.75 Å². The van der Waals surface area contributed by atoms with Crippen molar-refractivity contribution in [1.82, 2.24) is 4.72 Å². The number of unbranched alkanes of at least 4 members (excludes halogenated alkanes) is 1. The van der Waals surface area contributed by atoms with Gasteiger partial charge in [0, 0.05) is 17.9 Å². The minimum absolute atomic E-state index is 0.0630. The average Bonchev–Trinajstić information content (AvgIpc) is 2.29. The topological polar surface area (TPSA) is 66.4 Å². The Bertz CT molecular complexity index is 306. The quantitative estimate of drug-likeness (QED) is 0.691. The van der Waals surface area contributed by atoms with Gasteiger partial charge in [0.2, 0.25) is 10.0 Å². The van der Waals surface area contributed by atoms with E-state index in [1.165, 1.54) is 6.42 Å². The summed E-state index contributed by atoms with van der Waals surface area (Å²) in [5.41, 5.74) is 0. The van der Waals surface area contributed by atoms with E-state index >= 15 is 0 Å². The van der Waals surface area contributed by atoms with E-state index in [1.807, 2.05) is 11.8 Å². The number of aliphatic hydroxyl groups excluding tert-OH is 1. The number of sulfonamides is 1. The number of hydrogen-bond acceptors (Lipinski definition) is 4. The van der Waals surface area contributed by atoms with Crippen molar-refractivity contribution in [2.24, 2.45) is 0 Å². The second kappa shape index (κ2) is 7.61. The standard InChI is InChI=1S/C11H23NO3S2/c1-16-11-6-4-5-10(9-11)12-17(14,15)8-3-2-7-13/h10-13H,2-9H2,1H3. The van der Waals surface area contributed by atoms with Gasteiger partial charge >= 0.3 is 0 Å². The second-order valence-electron chi connectivity index (χ2n) is 4.59. The smallest absolute Gasteiger partial charge is 0.211 e. The molecule has 2 atom stereocenters. The Morgan fingerprint density at radius 2 is 2.12 bits per heavy atom. The van der Waals surface area contributed by atoms with Crippen LogP contribution in [0, 0.1) is 0 Å². The van der Waals surface area contributed by atoms with Crippen LogP contribution in [0.4, 0.5) is 0 Å². The maximum absolute atomic E-state index is 11.8. The van der Waals surface area contributed by atoms with Crippen molar-refractivity contribution in [3.63, 3.8) is 0 Å². The zero-order valence-electron chi connectivity index (χ0n) is 10.4. The summed E-state index contributed by atoms with van der Waals surface area (Å²) in [5, 5.41) is 9.22. The number of rotatable bonds is 7. The zero-order chi connectivity index (χ0) is 12.7. The molecule has 2 unspecified atom stereocenters. The van der Waals surface area contributed by atoms with Crippen molar-refractivity contribution in [2.75, 3.05) is 18.6 Å². The molecule has 4 nitrogen and oxygen atoms in total. The molecule has 0 amide bonds. The first-order valence-corrected chi connectivity index (χ1v) is 9.15. The molecule has 1 aliphatic carbocycles. The van der Waals surface area contributed by atoms with Crippen LogP contribution in [0.15, 0.2) is 0 Å². The minimum atomic E-state index is -3.16. The number of aliphatic hydroxyl groups is 1. The molecule has 1 rings (SSSR count). The molecule has 0 saturated heterocycles. The van der Waals surface area contributed by atoms with E-state index in [9.17, 15) is 8.42 Å². The van der Waals surface area contributed by atoms with Crippen LogP contribution in [-0.2, 0) is 10.0 Å². The Morgan fingerprint density at radius 3 is 2.76 bits per heavy atom. The average molecular weight is 281 g/mol. The van der Waals surface area contributed by atoms with Crippen LogP contribution in [0.1, 0.15) is 38.5 Å². The molecular weight excluding hydrogens is 258 g/mol. The maximum atomic E-state index is 11.8. The van der Waals surface area contributed by atoms with E-state index in [4.69, 9.17) is 5.11 Å². The molecule has 17 heavy (non-hydrogen) atoms. The monoisotopic (exact) mass is 281 g/mol. The molecule has 0 aliphatic heterocycles. The van der Waals surface area contributed by atoms with Gasteiger partial charge in [0.1, 0.15) is 0 Å². The third kappa shape index (κ3) is 6.08. The fraction of sp³-hybridized carbons (Fsp3) is 1.00. The SMILES string of the molecule is CSC1CCCC(NS(=O)(=O)CCCCO)C1. The van der Waals surface area contributed by atoms with Crippen LogP contribution < -0.4 is 4.72 Å². The molecule has 0 aromatic heterocycles. The van der Waals surface area contributed by atoms with Crippen molar-refractivity contribution < 1.29 is 13.5 Å². The van der Waals surface area contributed by atoms with Crippen LogP contribution in [0.3, 0.4) is 0 Å². The highest BCUT2D eigenvalue weighted by Crippen LogP contribution is 2.27. The highest BCUT2D eigenvalue weighted by atomic mass is 32.2. The van der Waals surface area contributed by atoms with Crippen molar-refractivity contribution >= 4 is 21.8 Å². The fourth-order valence-electron chi connectivity index (χ4n) is 2.18. The van der Waals surface area contributed by atoms with Crippen molar-refractivity contribution in [3.8, 4) is 0 Å². The molecule has 1 aliphatic rings. The summed E-state index contributed by atoms with van der Waals surface area (Å²) in [6.45, 7) is 0.0630. The first-order valence-electron chi connectivity index (χ1n) is 6.21. The molecular formula is C11H23NO3S2. The van der Waals surface area contributed by atoms with Crippen LogP contribution >= 0.6 is 11.8 Å². The van der Waals surface area contributed by atoms with Gasteiger partial charge in [-0.1, -0.05) is 6.42 Å². The highest BCUT2D eigenvalue weighted by molar-refractivity contribution is 7.99. The zero-order valence-corrected chi connectivity index (χ0v) is 12.0. The van der Waals surface area contributed by atoms with Gasteiger partial charge in [-0.25, -0.2) is 13.1 Å². The summed E-state index contributed by atoms with van der Waals surface area (Å²) >= 11 is 1.83. The first kappa shape index (κ1) is 15.3. The molecule has 0 radical (unpaired) electrons. The molecule has 0 aromatic carbocycles. The van der Waals surface area contributed by atoms with Gasteiger partial charge in [0.15, 0.2) is 0 Å². The van der Waals surface area contributed by atoms with E-state index in [-0.39, 0.29) is 18.4 Å². The van der Waals surface area contributed by atoms with E-state index in [0.717, 1.165) is 19.3 Å². The fourth-order valence-corrected chi connectivity index (χ4v) is 4.43. The van der Waals surface area contributed by atoms with Crippen molar-refractivity contribution in [1.29, 1.82) is 0 Å². The largest absolute Gasteiger partial charge is 0.396 e. The molecule has 0 heterocycles. The molecule has 1 fully saturated rings. The summed E-state index contributed by atoms with van der Waals surface area (Å²) in [6, 6.07) is 0.111. The van der Waals surface area contributed by atoms with Gasteiger partial charge in [-0.05, 0) is 38.4 Å². The molecule has 1 saturated carbocycles. The predicted octanol–water partition coefficient (Wildman–Crippen LogP) is 1.35. The van der Waals surface area contributed by atoms with Crippen LogP contribution in [0.5, 0.6) is 0 Å². The molecule has 6 heteroatoms. The molecule has 0 spiro atoms. The van der Waals surface area contributed by atoms with Crippen LogP contribution in [0.2, 0.25) is 0 Å². The summed E-state index contributed by atoms with van der Waals surface area (Å²) in [6.07, 6.45) is 7.38. The number of thioether (sulfide) groups is 1. The highest BCUT2D eigenvalue weighted by Gasteiger charge is 2.24. The summed E-state index contributed by atoms with van der Waals surface area (Å²) in [4.78, 5) is 0. The third-order valence-electron chi connectivity index (χ3n) is 3.13. The molecule has 0 bridgehead atoms. The Kier molecular flexibility index (Phi) is 6.84. The first-order chi connectivity index (χ1) is 8.07. The normalized spacial score (nSPS) is 26.0.